The van der Waals surface area contributed by atoms with Crippen molar-refractivity contribution in [1.82, 2.24) is 0 Å². The number of benzene rings is 12. The van der Waals surface area contributed by atoms with Gasteiger partial charge in [0, 0.05) is 0 Å². The van der Waals surface area contributed by atoms with E-state index in [1.54, 1.807) is 0 Å². The van der Waals surface area contributed by atoms with E-state index in [1.807, 2.05) is 72.8 Å². The molecule has 0 amide bonds. The predicted octanol–water partition coefficient (Wildman–Crippen LogP) is 18.4. The zero-order valence-corrected chi connectivity index (χ0v) is 34.7. The van der Waals surface area contributed by atoms with Crippen LogP contribution in [0.4, 0.5) is 22.7 Å². The van der Waals surface area contributed by atoms with Crippen LogP contribution >= 0.6 is 0 Å². The van der Waals surface area contributed by atoms with Crippen molar-refractivity contribution in [1.29, 1.82) is 0 Å². The molecule has 12 aromatic rings. The Morgan fingerprint density at radius 2 is 0.453 bits per heavy atom. The van der Waals surface area contributed by atoms with Gasteiger partial charge >= 0.3 is 0 Å². The Labute approximate surface area is 370 Å². The van der Waals surface area contributed by atoms with Crippen molar-refractivity contribution in [3.05, 3.63) is 231 Å². The highest BCUT2D eigenvalue weighted by Gasteiger charge is 2.22. The van der Waals surface area contributed by atoms with Crippen molar-refractivity contribution in [3.63, 3.8) is 0 Å². The van der Waals surface area contributed by atoms with Gasteiger partial charge in [0.05, 0.1) is 22.7 Å². The summed E-state index contributed by atoms with van der Waals surface area (Å²) in [5.74, 6) is 0. The maximum atomic E-state index is 4.54. The van der Waals surface area contributed by atoms with Gasteiger partial charge in [0.15, 0.2) is 0 Å². The Balaban J connectivity index is 1.02. The first kappa shape index (κ1) is 37.2. The smallest absolute Gasteiger partial charge is 0.0863 e. The predicted molar refractivity (Wildman–Crippen MR) is 269 cm³/mol. The second-order valence-electron chi connectivity index (χ2n) is 16.2. The summed E-state index contributed by atoms with van der Waals surface area (Å²) >= 11 is 0. The maximum absolute atomic E-state index is 4.54. The third kappa shape index (κ3) is 6.57. The molecule has 298 valence electrons. The number of hydrogen-bond acceptors (Lipinski definition) is 4. The van der Waals surface area contributed by atoms with E-state index in [1.165, 1.54) is 76.5 Å². The molecular weight excluding hydrogens is 777 g/mol. The lowest BCUT2D eigenvalue weighted by molar-refractivity contribution is 1.23. The summed E-state index contributed by atoms with van der Waals surface area (Å²) in [6.07, 6.45) is 0. The van der Waals surface area contributed by atoms with Crippen molar-refractivity contribution in [2.75, 3.05) is 0 Å². The molecule has 0 atom stereocenters. The fraction of sp³-hybridized carbons (Fsp3) is 0. The van der Waals surface area contributed by atoms with E-state index in [0.29, 0.717) is 0 Å². The number of hydrogen-bond donors (Lipinski definition) is 0. The van der Waals surface area contributed by atoms with Crippen LogP contribution in [-0.2, 0) is 0 Å². The van der Waals surface area contributed by atoms with E-state index >= 15 is 0 Å². The van der Waals surface area contributed by atoms with Gasteiger partial charge < -0.3 is 0 Å². The molecule has 0 spiro atoms. The molecule has 0 radical (unpaired) electrons. The minimum Gasteiger partial charge on any atom is -0.151 e. The largest absolute Gasteiger partial charge is 0.151 e. The molecule has 0 saturated carbocycles. The number of nitrogens with zero attached hydrogens (tertiary/aromatic N) is 4. The van der Waals surface area contributed by atoms with E-state index in [4.69, 9.17) is 0 Å². The lowest BCUT2D eigenvalue weighted by Gasteiger charge is -2.22. The van der Waals surface area contributed by atoms with Crippen LogP contribution in [0.3, 0.4) is 0 Å². The lowest BCUT2D eigenvalue weighted by atomic mass is 9.81. The summed E-state index contributed by atoms with van der Waals surface area (Å²) in [5, 5.41) is 32.3. The quantitative estimate of drug-likeness (QED) is 0.114. The molecule has 0 fully saturated rings. The fourth-order valence-electron chi connectivity index (χ4n) is 9.54. The molecule has 12 aromatic carbocycles. The Kier molecular flexibility index (Phi) is 9.12. The van der Waals surface area contributed by atoms with Crippen LogP contribution < -0.4 is 0 Å². The van der Waals surface area contributed by atoms with Crippen LogP contribution in [0, 0.1) is 0 Å². The van der Waals surface area contributed by atoms with Gasteiger partial charge in [0.2, 0.25) is 0 Å². The van der Waals surface area contributed by atoms with Gasteiger partial charge in [-0.15, -0.1) is 0 Å². The summed E-state index contributed by atoms with van der Waals surface area (Å²) in [7, 11) is 0. The second kappa shape index (κ2) is 15.7. The summed E-state index contributed by atoms with van der Waals surface area (Å²) in [4.78, 5) is 0. The molecule has 0 unspecified atom stereocenters. The molecule has 0 bridgehead atoms. The normalized spacial score (nSPS) is 11.9. The van der Waals surface area contributed by atoms with Crippen molar-refractivity contribution in [3.8, 4) is 33.4 Å². The van der Waals surface area contributed by atoms with Gasteiger partial charge in [-0.05, 0) is 159 Å². The summed E-state index contributed by atoms with van der Waals surface area (Å²) in [5.41, 5.74) is 10.6. The van der Waals surface area contributed by atoms with Gasteiger partial charge in [-0.2, -0.15) is 20.5 Å². The van der Waals surface area contributed by atoms with Gasteiger partial charge in [0.1, 0.15) is 0 Å². The van der Waals surface area contributed by atoms with Gasteiger partial charge in [0.25, 0.3) is 0 Å². The summed E-state index contributed by atoms with van der Waals surface area (Å²) in [6.45, 7) is 0. The average molecular weight is 815 g/mol. The van der Waals surface area contributed by atoms with E-state index in [2.05, 4.69) is 178 Å². The summed E-state index contributed by atoms with van der Waals surface area (Å²) in [6, 6.07) is 81.7. The molecule has 12 rings (SSSR count). The maximum Gasteiger partial charge on any atom is 0.0863 e. The van der Waals surface area contributed by atoms with Gasteiger partial charge in [-0.3, -0.25) is 0 Å². The van der Waals surface area contributed by atoms with Crippen LogP contribution in [0.25, 0.3) is 98.0 Å². The zero-order chi connectivity index (χ0) is 42.4. The van der Waals surface area contributed by atoms with Crippen molar-refractivity contribution in [2.45, 2.75) is 0 Å². The molecule has 64 heavy (non-hydrogen) atoms. The molecule has 0 aliphatic carbocycles. The molecule has 4 heteroatoms. The molecular formula is C60H38N4. The topological polar surface area (TPSA) is 49.4 Å². The fourth-order valence-corrected chi connectivity index (χ4v) is 9.54. The average Bonchev–Trinajstić information content (AvgIpc) is 3.36. The summed E-state index contributed by atoms with van der Waals surface area (Å²) < 4.78 is 0. The minimum atomic E-state index is 0.826. The first-order valence-corrected chi connectivity index (χ1v) is 21.6. The SMILES string of the molecule is c1ccc(N=Nc2ccc3cc(-c4c5ccccc5c(-c5c6ccccc6c(-c6ccc7cc(N=Nc8ccccc8)ccc7c6)c6ccccc56)c5ccccc45)ccc3c2)cc1. The molecule has 0 aromatic heterocycles. The van der Waals surface area contributed by atoms with Crippen LogP contribution in [0.15, 0.2) is 251 Å². The number of fused-ring (bicyclic) bond motifs is 6. The molecule has 0 heterocycles. The third-order valence-electron chi connectivity index (χ3n) is 12.4. The first-order valence-electron chi connectivity index (χ1n) is 21.6. The zero-order valence-electron chi connectivity index (χ0n) is 34.7. The Hall–Kier alpha value is -8.60. The van der Waals surface area contributed by atoms with E-state index in [0.717, 1.165) is 44.3 Å². The molecule has 0 N–H and O–H groups in total. The Morgan fingerprint density at radius 1 is 0.188 bits per heavy atom. The Morgan fingerprint density at radius 3 is 0.797 bits per heavy atom. The van der Waals surface area contributed by atoms with E-state index in [9.17, 15) is 0 Å². The number of azo groups is 2. The highest BCUT2D eigenvalue weighted by Crippen LogP contribution is 2.50. The third-order valence-corrected chi connectivity index (χ3v) is 12.4. The van der Waals surface area contributed by atoms with Crippen molar-refractivity contribution >= 4 is 87.4 Å². The van der Waals surface area contributed by atoms with E-state index in [-0.39, 0.29) is 0 Å². The van der Waals surface area contributed by atoms with Crippen LogP contribution in [0.5, 0.6) is 0 Å². The molecule has 0 aliphatic heterocycles. The van der Waals surface area contributed by atoms with Gasteiger partial charge in [-0.1, -0.05) is 170 Å². The second-order valence-corrected chi connectivity index (χ2v) is 16.2. The molecule has 0 saturated heterocycles. The van der Waals surface area contributed by atoms with Crippen molar-refractivity contribution in [2.24, 2.45) is 20.5 Å². The van der Waals surface area contributed by atoms with Crippen LogP contribution in [0.2, 0.25) is 0 Å². The standard InChI is InChI=1S/C60H38N4/c1-3-15-45(16-4-1)61-63-47-33-31-39-35-43(29-27-41(39)37-47)57-49-19-7-11-23-53(49)59(54-24-12-8-20-50(54)57)60-55-25-13-9-21-51(55)58(52-22-10-14-26-56(52)60)44-30-28-42-38-48(34-32-40(42)36-44)64-62-46-17-5-2-6-18-46/h1-38H. The van der Waals surface area contributed by atoms with Gasteiger partial charge in [-0.25, -0.2) is 0 Å². The lowest BCUT2D eigenvalue weighted by Crippen LogP contribution is -1.94. The van der Waals surface area contributed by atoms with Crippen LogP contribution in [0.1, 0.15) is 0 Å². The minimum absolute atomic E-state index is 0.826. The monoisotopic (exact) mass is 814 g/mol. The first-order chi connectivity index (χ1) is 31.7. The molecule has 0 aliphatic rings. The van der Waals surface area contributed by atoms with E-state index < -0.39 is 0 Å². The van der Waals surface area contributed by atoms with Crippen LogP contribution in [-0.4, -0.2) is 0 Å². The molecule has 4 nitrogen and oxygen atoms in total. The van der Waals surface area contributed by atoms with Crippen molar-refractivity contribution < 1.29 is 0 Å². The number of rotatable bonds is 7. The highest BCUT2D eigenvalue weighted by molar-refractivity contribution is 6.30. The highest BCUT2D eigenvalue weighted by atomic mass is 15.1. The Bertz CT molecular complexity index is 3470.